The summed E-state index contributed by atoms with van der Waals surface area (Å²) < 4.78 is 10.4. The van der Waals surface area contributed by atoms with Gasteiger partial charge in [0.2, 0.25) is 0 Å². The Morgan fingerprint density at radius 1 is 0.864 bits per heavy atom. The van der Waals surface area contributed by atoms with Crippen LogP contribution in [0.25, 0.3) is 0 Å². The third kappa shape index (κ3) is 3.55. The minimum atomic E-state index is -0.516. The average molecular weight is 341 g/mol. The molecule has 0 unspecified atom stereocenters. The number of para-hydroxylation sites is 2. The van der Waals surface area contributed by atoms with Gasteiger partial charge in [-0.1, -0.05) is 35.3 Å². The van der Waals surface area contributed by atoms with Gasteiger partial charge in [0.15, 0.2) is 0 Å². The summed E-state index contributed by atoms with van der Waals surface area (Å²) in [6.07, 6.45) is 0. The number of carbonyl (C=O) groups excluding carboxylic acids is 1. The second-order valence-electron chi connectivity index (χ2n) is 4.21. The van der Waals surface area contributed by atoms with Crippen LogP contribution < -0.4 is 20.1 Å². The summed E-state index contributed by atoms with van der Waals surface area (Å²) in [5.74, 6) is 0.944. The van der Waals surface area contributed by atoms with Gasteiger partial charge in [-0.25, -0.2) is 4.79 Å². The normalized spacial score (nSPS) is 10.0. The number of rotatable bonds is 4. The Bertz CT molecular complexity index is 650. The number of halogens is 2. The Kier molecular flexibility index (Phi) is 5.35. The molecule has 0 spiro atoms. The Balaban J connectivity index is 2.23. The number of hydrogen-bond donors (Lipinski definition) is 2. The first kappa shape index (κ1) is 16.3. The molecule has 0 fully saturated rings. The van der Waals surface area contributed by atoms with Gasteiger partial charge < -0.3 is 20.1 Å². The fourth-order valence-corrected chi connectivity index (χ4v) is 2.34. The molecule has 0 bridgehead atoms. The fraction of sp³-hybridized carbons (Fsp3) is 0.133. The lowest BCUT2D eigenvalue weighted by atomic mass is 10.2. The van der Waals surface area contributed by atoms with Gasteiger partial charge in [0, 0.05) is 0 Å². The third-order valence-corrected chi connectivity index (χ3v) is 3.50. The van der Waals surface area contributed by atoms with E-state index >= 15 is 0 Å². The lowest BCUT2D eigenvalue weighted by molar-refractivity contribution is 0.262. The molecule has 2 N–H and O–H groups in total. The predicted octanol–water partition coefficient (Wildman–Crippen LogP) is 4.65. The number of carbonyl (C=O) groups is 1. The van der Waals surface area contributed by atoms with E-state index in [0.29, 0.717) is 32.9 Å². The van der Waals surface area contributed by atoms with Gasteiger partial charge in [0.05, 0.1) is 30.0 Å². The number of benzene rings is 2. The van der Waals surface area contributed by atoms with Crippen LogP contribution in [0.15, 0.2) is 36.4 Å². The first-order chi connectivity index (χ1) is 10.6. The lowest BCUT2D eigenvalue weighted by Gasteiger charge is -2.15. The molecule has 0 aliphatic carbocycles. The lowest BCUT2D eigenvalue weighted by Crippen LogP contribution is -2.20. The molecule has 0 aliphatic rings. The quantitative estimate of drug-likeness (QED) is 0.851. The van der Waals surface area contributed by atoms with Gasteiger partial charge in [-0.05, 0) is 24.3 Å². The molecule has 2 aromatic rings. The summed E-state index contributed by atoms with van der Waals surface area (Å²) in [5.41, 5.74) is 0.741. The molecule has 0 saturated heterocycles. The van der Waals surface area contributed by atoms with E-state index in [0.717, 1.165) is 0 Å². The number of amides is 2. The van der Waals surface area contributed by atoms with Crippen molar-refractivity contribution in [2.24, 2.45) is 0 Å². The minimum absolute atomic E-state index is 0.331. The first-order valence-corrected chi connectivity index (χ1v) is 7.05. The van der Waals surface area contributed by atoms with Gasteiger partial charge in [0.25, 0.3) is 0 Å². The molecule has 7 heteroatoms. The van der Waals surface area contributed by atoms with Crippen molar-refractivity contribution in [1.82, 2.24) is 0 Å². The standard InChI is InChI=1S/C15H14Cl2N2O3/c1-21-11-7-4-8-12(22-2)14(11)19-15(20)18-13-9(16)5-3-6-10(13)17/h3-8H,1-2H3,(H2,18,19,20). The summed E-state index contributed by atoms with van der Waals surface area (Å²) in [7, 11) is 3.01. The van der Waals surface area contributed by atoms with Gasteiger partial charge in [0.1, 0.15) is 17.2 Å². The number of nitrogens with one attached hydrogen (secondary N) is 2. The molecule has 0 aromatic heterocycles. The number of urea groups is 1. The molecule has 2 rings (SSSR count). The van der Waals surface area contributed by atoms with Crippen LogP contribution in [0.4, 0.5) is 16.2 Å². The predicted molar refractivity (Wildman–Crippen MR) is 88.6 cm³/mol. The van der Waals surface area contributed by atoms with Crippen molar-refractivity contribution in [2.75, 3.05) is 24.9 Å². The van der Waals surface area contributed by atoms with Crippen molar-refractivity contribution in [2.45, 2.75) is 0 Å². The third-order valence-electron chi connectivity index (χ3n) is 2.87. The van der Waals surface area contributed by atoms with Crippen LogP contribution in [0.2, 0.25) is 10.0 Å². The maximum absolute atomic E-state index is 12.2. The molecule has 22 heavy (non-hydrogen) atoms. The molecule has 2 amide bonds. The van der Waals surface area contributed by atoms with E-state index in [4.69, 9.17) is 32.7 Å². The number of hydrogen-bond acceptors (Lipinski definition) is 3. The van der Waals surface area contributed by atoms with E-state index in [2.05, 4.69) is 10.6 Å². The monoisotopic (exact) mass is 340 g/mol. The zero-order chi connectivity index (χ0) is 16.1. The molecule has 0 aliphatic heterocycles. The summed E-state index contributed by atoms with van der Waals surface area (Å²) in [6, 6.07) is 9.61. The Morgan fingerprint density at radius 2 is 1.32 bits per heavy atom. The fourth-order valence-electron chi connectivity index (χ4n) is 1.85. The Labute approximate surface area is 138 Å². The second kappa shape index (κ2) is 7.24. The van der Waals surface area contributed by atoms with Crippen molar-refractivity contribution in [3.05, 3.63) is 46.4 Å². The van der Waals surface area contributed by atoms with E-state index < -0.39 is 6.03 Å². The Morgan fingerprint density at radius 3 is 1.82 bits per heavy atom. The minimum Gasteiger partial charge on any atom is -0.494 e. The topological polar surface area (TPSA) is 59.6 Å². The molecule has 0 atom stereocenters. The largest absolute Gasteiger partial charge is 0.494 e. The first-order valence-electron chi connectivity index (χ1n) is 6.29. The van der Waals surface area contributed by atoms with Crippen molar-refractivity contribution in [3.8, 4) is 11.5 Å². The van der Waals surface area contributed by atoms with Gasteiger partial charge in [-0.3, -0.25) is 0 Å². The second-order valence-corrected chi connectivity index (χ2v) is 5.03. The van der Waals surface area contributed by atoms with Crippen molar-refractivity contribution < 1.29 is 14.3 Å². The van der Waals surface area contributed by atoms with E-state index in [1.165, 1.54) is 14.2 Å². The maximum atomic E-state index is 12.2. The highest BCUT2D eigenvalue weighted by molar-refractivity contribution is 6.39. The summed E-state index contributed by atoms with van der Waals surface area (Å²) in [5, 5.41) is 5.96. The van der Waals surface area contributed by atoms with Crippen LogP contribution in [0, 0.1) is 0 Å². The van der Waals surface area contributed by atoms with Crippen LogP contribution >= 0.6 is 23.2 Å². The van der Waals surface area contributed by atoms with Crippen LogP contribution in [0.3, 0.4) is 0 Å². The molecule has 5 nitrogen and oxygen atoms in total. The zero-order valence-corrected chi connectivity index (χ0v) is 13.5. The SMILES string of the molecule is COc1cccc(OC)c1NC(=O)Nc1c(Cl)cccc1Cl. The maximum Gasteiger partial charge on any atom is 0.323 e. The van der Waals surface area contributed by atoms with Crippen molar-refractivity contribution in [1.29, 1.82) is 0 Å². The number of ether oxygens (including phenoxy) is 2. The van der Waals surface area contributed by atoms with Gasteiger partial charge in [-0.15, -0.1) is 0 Å². The highest BCUT2D eigenvalue weighted by Gasteiger charge is 2.15. The van der Waals surface area contributed by atoms with Gasteiger partial charge >= 0.3 is 6.03 Å². The Hall–Kier alpha value is -2.11. The summed E-state index contributed by atoms with van der Waals surface area (Å²) >= 11 is 12.0. The van der Waals surface area contributed by atoms with Crippen molar-refractivity contribution in [3.63, 3.8) is 0 Å². The smallest absolute Gasteiger partial charge is 0.323 e. The van der Waals surface area contributed by atoms with Crippen LogP contribution in [0.5, 0.6) is 11.5 Å². The van der Waals surface area contributed by atoms with Crippen LogP contribution in [-0.4, -0.2) is 20.3 Å². The summed E-state index contributed by atoms with van der Waals surface area (Å²) in [4.78, 5) is 12.2. The zero-order valence-electron chi connectivity index (χ0n) is 11.9. The molecule has 0 saturated carbocycles. The van der Waals surface area contributed by atoms with Gasteiger partial charge in [-0.2, -0.15) is 0 Å². The van der Waals surface area contributed by atoms with Crippen LogP contribution in [0.1, 0.15) is 0 Å². The van der Waals surface area contributed by atoms with E-state index in [1.807, 2.05) is 0 Å². The summed E-state index contributed by atoms with van der Waals surface area (Å²) in [6.45, 7) is 0. The average Bonchev–Trinajstić information content (AvgIpc) is 2.51. The van der Waals surface area contributed by atoms with Crippen LogP contribution in [-0.2, 0) is 0 Å². The van der Waals surface area contributed by atoms with E-state index in [1.54, 1.807) is 36.4 Å². The molecule has 116 valence electrons. The molecule has 2 aromatic carbocycles. The number of anilines is 2. The van der Waals surface area contributed by atoms with E-state index in [9.17, 15) is 4.79 Å². The number of methoxy groups -OCH3 is 2. The highest BCUT2D eigenvalue weighted by atomic mass is 35.5. The molecule has 0 heterocycles. The molecular weight excluding hydrogens is 327 g/mol. The highest BCUT2D eigenvalue weighted by Crippen LogP contribution is 2.35. The van der Waals surface area contributed by atoms with Crippen molar-refractivity contribution >= 4 is 40.6 Å². The molecule has 0 radical (unpaired) electrons. The van der Waals surface area contributed by atoms with E-state index in [-0.39, 0.29) is 0 Å². The molecular formula is C15H14Cl2N2O3.